The van der Waals surface area contributed by atoms with E-state index in [-0.39, 0.29) is 17.7 Å². The average molecular weight is 490 g/mol. The molecule has 1 atom stereocenters. The van der Waals surface area contributed by atoms with Crippen LogP contribution in [-0.2, 0) is 10.5 Å². The second-order valence-corrected chi connectivity index (χ2v) is 10.3. The Balaban J connectivity index is 1.80. The van der Waals surface area contributed by atoms with Crippen LogP contribution in [0.5, 0.6) is 0 Å². The number of rotatable bonds is 9. The molecule has 4 nitrogen and oxygen atoms in total. The van der Waals surface area contributed by atoms with Crippen molar-refractivity contribution in [2.24, 2.45) is 5.92 Å². The van der Waals surface area contributed by atoms with Gasteiger partial charge >= 0.3 is 0 Å². The summed E-state index contributed by atoms with van der Waals surface area (Å²) in [6.07, 6.45) is 0. The van der Waals surface area contributed by atoms with Gasteiger partial charge in [-0.15, -0.1) is 11.3 Å². The SMILES string of the molecule is CC(C)[C@H](NC(=O)c1ccccc1Cl)C(=O)NCCSCc1ccc(Br)s1. The van der Waals surface area contributed by atoms with Crippen molar-refractivity contribution in [3.63, 3.8) is 0 Å². The minimum Gasteiger partial charge on any atom is -0.353 e. The summed E-state index contributed by atoms with van der Waals surface area (Å²) in [5.74, 6) is 1.18. The first-order valence-electron chi connectivity index (χ1n) is 8.53. The third-order valence-corrected chi connectivity index (χ3v) is 6.92. The Kier molecular flexibility index (Phi) is 9.15. The summed E-state index contributed by atoms with van der Waals surface area (Å²) in [6, 6.07) is 10.3. The molecule has 0 aliphatic heterocycles. The zero-order valence-electron chi connectivity index (χ0n) is 15.1. The highest BCUT2D eigenvalue weighted by Crippen LogP contribution is 2.25. The summed E-state index contributed by atoms with van der Waals surface area (Å²) < 4.78 is 1.13. The van der Waals surface area contributed by atoms with Gasteiger partial charge in [0.05, 0.1) is 14.4 Å². The van der Waals surface area contributed by atoms with E-state index in [1.165, 1.54) is 4.88 Å². The fraction of sp³-hybridized carbons (Fsp3) is 0.368. The Hall–Kier alpha value is -1.02. The first-order valence-corrected chi connectivity index (χ1v) is 11.7. The van der Waals surface area contributed by atoms with Gasteiger partial charge in [0.2, 0.25) is 5.91 Å². The molecule has 0 aliphatic carbocycles. The van der Waals surface area contributed by atoms with E-state index in [4.69, 9.17) is 11.6 Å². The molecule has 2 rings (SSSR count). The van der Waals surface area contributed by atoms with Crippen molar-refractivity contribution in [2.75, 3.05) is 12.3 Å². The van der Waals surface area contributed by atoms with Gasteiger partial charge in [-0.3, -0.25) is 9.59 Å². The van der Waals surface area contributed by atoms with E-state index in [0.29, 0.717) is 17.1 Å². The van der Waals surface area contributed by atoms with E-state index in [0.717, 1.165) is 15.3 Å². The highest BCUT2D eigenvalue weighted by molar-refractivity contribution is 9.11. The van der Waals surface area contributed by atoms with Crippen LogP contribution < -0.4 is 10.6 Å². The van der Waals surface area contributed by atoms with Gasteiger partial charge in [0.1, 0.15) is 6.04 Å². The molecule has 0 spiro atoms. The molecule has 0 saturated carbocycles. The minimum atomic E-state index is -0.605. The number of thioether (sulfide) groups is 1. The van der Waals surface area contributed by atoms with Crippen molar-refractivity contribution in [1.82, 2.24) is 10.6 Å². The number of amides is 2. The normalized spacial score (nSPS) is 12.0. The summed E-state index contributed by atoms with van der Waals surface area (Å²) in [7, 11) is 0. The molecule has 2 aromatic rings. The van der Waals surface area contributed by atoms with Crippen LogP contribution in [0, 0.1) is 5.92 Å². The smallest absolute Gasteiger partial charge is 0.253 e. The lowest BCUT2D eigenvalue weighted by atomic mass is 10.0. The van der Waals surface area contributed by atoms with E-state index in [2.05, 4.69) is 32.6 Å². The minimum absolute atomic E-state index is 0.0347. The number of thiophene rings is 1. The molecule has 0 fully saturated rings. The number of carbonyl (C=O) groups excluding carboxylic acids is 2. The summed E-state index contributed by atoms with van der Waals surface area (Å²) in [5, 5.41) is 6.08. The van der Waals surface area contributed by atoms with Gasteiger partial charge < -0.3 is 10.6 Å². The number of nitrogens with one attached hydrogen (secondary N) is 2. The molecule has 2 N–H and O–H groups in total. The van der Waals surface area contributed by atoms with Crippen LogP contribution in [0.3, 0.4) is 0 Å². The first-order chi connectivity index (χ1) is 12.9. The third kappa shape index (κ3) is 7.14. The monoisotopic (exact) mass is 488 g/mol. The van der Waals surface area contributed by atoms with Crippen molar-refractivity contribution in [3.8, 4) is 0 Å². The standard InChI is InChI=1S/C19H22BrClN2O2S2/c1-12(2)17(23-18(24)14-5-3-4-6-15(14)21)19(25)22-9-10-26-11-13-7-8-16(20)27-13/h3-8,12,17H,9-11H2,1-2H3,(H,22,25)(H,23,24)/t17-/m0/s1. The van der Waals surface area contributed by atoms with Gasteiger partial charge in [0.25, 0.3) is 5.91 Å². The number of benzene rings is 1. The van der Waals surface area contributed by atoms with Gasteiger partial charge in [-0.25, -0.2) is 0 Å². The van der Waals surface area contributed by atoms with Crippen LogP contribution in [0.25, 0.3) is 0 Å². The van der Waals surface area contributed by atoms with Crippen molar-refractivity contribution < 1.29 is 9.59 Å². The summed E-state index contributed by atoms with van der Waals surface area (Å²) >= 11 is 13.0. The molecule has 1 aromatic carbocycles. The zero-order valence-corrected chi connectivity index (χ0v) is 19.1. The summed E-state index contributed by atoms with van der Waals surface area (Å²) in [5.41, 5.74) is 0.371. The highest BCUT2D eigenvalue weighted by atomic mass is 79.9. The summed E-state index contributed by atoms with van der Waals surface area (Å²) in [6.45, 7) is 4.36. The molecule has 146 valence electrons. The number of halogens is 2. The van der Waals surface area contributed by atoms with Gasteiger partial charge in [0, 0.05) is 22.9 Å². The maximum atomic E-state index is 12.5. The topological polar surface area (TPSA) is 58.2 Å². The van der Waals surface area contributed by atoms with Gasteiger partial charge in [-0.2, -0.15) is 11.8 Å². The Bertz CT molecular complexity index is 783. The molecule has 0 bridgehead atoms. The lowest BCUT2D eigenvalue weighted by molar-refractivity contribution is -0.123. The Labute approximate surface area is 181 Å². The maximum Gasteiger partial charge on any atom is 0.253 e. The Morgan fingerprint density at radius 3 is 2.59 bits per heavy atom. The number of carbonyl (C=O) groups is 2. The van der Waals surface area contributed by atoms with Crippen molar-refractivity contribution >= 4 is 62.4 Å². The third-order valence-electron chi connectivity index (χ3n) is 3.77. The van der Waals surface area contributed by atoms with Crippen LogP contribution in [0.2, 0.25) is 5.02 Å². The molecule has 1 heterocycles. The molecule has 1 aromatic heterocycles. The van der Waals surface area contributed by atoms with Crippen molar-refractivity contribution in [3.05, 3.63) is 55.6 Å². The summed E-state index contributed by atoms with van der Waals surface area (Å²) in [4.78, 5) is 26.2. The molecule has 27 heavy (non-hydrogen) atoms. The lowest BCUT2D eigenvalue weighted by Gasteiger charge is -2.22. The van der Waals surface area contributed by atoms with Gasteiger partial charge in [-0.05, 0) is 46.1 Å². The molecular formula is C19H22BrClN2O2S2. The van der Waals surface area contributed by atoms with E-state index < -0.39 is 6.04 Å². The van der Waals surface area contributed by atoms with Crippen LogP contribution >= 0.6 is 50.6 Å². The van der Waals surface area contributed by atoms with E-state index in [9.17, 15) is 9.59 Å². The molecular weight excluding hydrogens is 468 g/mol. The molecule has 0 radical (unpaired) electrons. The molecule has 0 saturated heterocycles. The van der Waals surface area contributed by atoms with E-state index in [1.807, 2.05) is 19.9 Å². The molecule has 0 aliphatic rings. The van der Waals surface area contributed by atoms with Crippen molar-refractivity contribution in [1.29, 1.82) is 0 Å². The second kappa shape index (κ2) is 11.1. The number of hydrogen-bond donors (Lipinski definition) is 2. The fourth-order valence-corrected chi connectivity index (χ4v) is 5.03. The molecule has 2 amide bonds. The van der Waals surface area contributed by atoms with Crippen LogP contribution in [0.15, 0.2) is 40.2 Å². The quantitative estimate of drug-likeness (QED) is 0.489. The molecule has 0 unspecified atom stereocenters. The second-order valence-electron chi connectivity index (χ2n) is 6.22. The largest absolute Gasteiger partial charge is 0.353 e. The van der Waals surface area contributed by atoms with Crippen LogP contribution in [-0.4, -0.2) is 30.2 Å². The first kappa shape index (κ1) is 22.3. The zero-order chi connectivity index (χ0) is 19.8. The average Bonchev–Trinajstić information content (AvgIpc) is 3.04. The fourth-order valence-electron chi connectivity index (χ4n) is 2.36. The predicted molar refractivity (Wildman–Crippen MR) is 119 cm³/mol. The van der Waals surface area contributed by atoms with Gasteiger partial charge in [-0.1, -0.05) is 37.6 Å². The lowest BCUT2D eigenvalue weighted by Crippen LogP contribution is -2.50. The predicted octanol–water partition coefficient (Wildman–Crippen LogP) is 4.97. The Morgan fingerprint density at radius 1 is 1.22 bits per heavy atom. The number of hydrogen-bond acceptors (Lipinski definition) is 4. The van der Waals surface area contributed by atoms with E-state index in [1.54, 1.807) is 47.4 Å². The van der Waals surface area contributed by atoms with E-state index >= 15 is 0 Å². The Morgan fingerprint density at radius 2 is 1.96 bits per heavy atom. The van der Waals surface area contributed by atoms with Gasteiger partial charge in [0.15, 0.2) is 0 Å². The highest BCUT2D eigenvalue weighted by Gasteiger charge is 2.25. The maximum absolute atomic E-state index is 12.5. The van der Waals surface area contributed by atoms with Crippen LogP contribution in [0.1, 0.15) is 29.1 Å². The molecule has 8 heteroatoms. The van der Waals surface area contributed by atoms with Crippen LogP contribution in [0.4, 0.5) is 0 Å². The van der Waals surface area contributed by atoms with Crippen molar-refractivity contribution in [2.45, 2.75) is 25.6 Å².